The van der Waals surface area contributed by atoms with E-state index < -0.39 is 0 Å². The van der Waals surface area contributed by atoms with Crippen LogP contribution in [0.1, 0.15) is 55.0 Å². The summed E-state index contributed by atoms with van der Waals surface area (Å²) >= 11 is 0. The fourth-order valence-electron chi connectivity index (χ4n) is 5.42. The summed E-state index contributed by atoms with van der Waals surface area (Å²) in [4.78, 5) is 17.7. The highest BCUT2D eigenvalue weighted by atomic mass is 16.2. The highest BCUT2D eigenvalue weighted by Gasteiger charge is 2.37. The number of aromatic nitrogens is 1. The third-order valence-corrected chi connectivity index (χ3v) is 6.66. The Kier molecular flexibility index (Phi) is 4.04. The second-order valence-electron chi connectivity index (χ2n) is 8.37. The topological polar surface area (TPSA) is 28.5 Å². The molecule has 0 radical (unpaired) electrons. The molecule has 2 aliphatic heterocycles. The Morgan fingerprint density at radius 2 is 1.92 bits per heavy atom. The zero-order valence-electron chi connectivity index (χ0n) is 15.8. The van der Waals surface area contributed by atoms with Gasteiger partial charge in [0, 0.05) is 29.7 Å². The number of piperidine rings is 1. The summed E-state index contributed by atoms with van der Waals surface area (Å²) in [7, 11) is 0. The van der Waals surface area contributed by atoms with E-state index in [2.05, 4.69) is 39.5 Å². The van der Waals surface area contributed by atoms with Crippen LogP contribution in [0.2, 0.25) is 0 Å². The first kappa shape index (κ1) is 16.4. The minimum Gasteiger partial charge on any atom is -0.341 e. The van der Waals surface area contributed by atoms with Gasteiger partial charge < -0.3 is 9.47 Å². The van der Waals surface area contributed by atoms with E-state index >= 15 is 0 Å². The minimum atomic E-state index is 0.289. The molecule has 2 aromatic rings. The Morgan fingerprint density at radius 3 is 2.77 bits per heavy atom. The number of rotatable bonds is 2. The highest BCUT2D eigenvalue weighted by molar-refractivity contribution is 5.88. The smallest absolute Gasteiger partial charge is 0.237 e. The molecule has 1 fully saturated rings. The number of carbonyl (C=O) groups excluding carboxylic acids is 1. The zero-order valence-corrected chi connectivity index (χ0v) is 15.8. The lowest BCUT2D eigenvalue weighted by Gasteiger charge is -2.41. The molecule has 4 nitrogen and oxygen atoms in total. The molecule has 1 saturated heterocycles. The van der Waals surface area contributed by atoms with E-state index in [4.69, 9.17) is 0 Å². The lowest BCUT2D eigenvalue weighted by Crippen LogP contribution is -2.48. The van der Waals surface area contributed by atoms with Crippen molar-refractivity contribution in [3.63, 3.8) is 0 Å². The Morgan fingerprint density at radius 1 is 1.08 bits per heavy atom. The highest BCUT2D eigenvalue weighted by Crippen LogP contribution is 2.42. The van der Waals surface area contributed by atoms with E-state index in [1.54, 1.807) is 0 Å². The van der Waals surface area contributed by atoms with Crippen molar-refractivity contribution >= 4 is 16.8 Å². The summed E-state index contributed by atoms with van der Waals surface area (Å²) in [5.41, 5.74) is 5.65. The van der Waals surface area contributed by atoms with E-state index in [0.717, 1.165) is 39.0 Å². The number of amides is 1. The molecular weight excluding hydrogens is 322 g/mol. The fourth-order valence-corrected chi connectivity index (χ4v) is 5.42. The fraction of sp³-hybridized carbons (Fsp3) is 0.591. The van der Waals surface area contributed by atoms with Crippen LogP contribution < -0.4 is 0 Å². The molecule has 138 valence electrons. The molecule has 1 aromatic heterocycles. The maximum Gasteiger partial charge on any atom is 0.237 e. The van der Waals surface area contributed by atoms with Gasteiger partial charge in [0.15, 0.2) is 0 Å². The van der Waals surface area contributed by atoms with Gasteiger partial charge in [0.2, 0.25) is 5.91 Å². The number of nitrogens with zero attached hydrogens (tertiary/aromatic N) is 3. The summed E-state index contributed by atoms with van der Waals surface area (Å²) in [6.45, 7) is 6.78. The van der Waals surface area contributed by atoms with Crippen molar-refractivity contribution in [1.82, 2.24) is 14.4 Å². The van der Waals surface area contributed by atoms with Crippen molar-refractivity contribution in [1.29, 1.82) is 0 Å². The number of hydrogen-bond donors (Lipinski definition) is 0. The van der Waals surface area contributed by atoms with Gasteiger partial charge in [-0.15, -0.1) is 0 Å². The molecule has 5 rings (SSSR count). The number of carbonyl (C=O) groups is 1. The van der Waals surface area contributed by atoms with Gasteiger partial charge in [0.25, 0.3) is 0 Å². The van der Waals surface area contributed by atoms with Crippen LogP contribution in [0.4, 0.5) is 0 Å². The van der Waals surface area contributed by atoms with Gasteiger partial charge in [0.05, 0.1) is 12.6 Å². The zero-order chi connectivity index (χ0) is 17.7. The average Bonchev–Trinajstić information content (AvgIpc) is 2.98. The van der Waals surface area contributed by atoms with Crippen LogP contribution in [0.5, 0.6) is 0 Å². The van der Waals surface area contributed by atoms with Crippen molar-refractivity contribution in [2.45, 2.75) is 58.0 Å². The molecular formula is C22H29N3O. The van der Waals surface area contributed by atoms with E-state index in [1.807, 2.05) is 0 Å². The molecule has 1 aliphatic carbocycles. The van der Waals surface area contributed by atoms with Gasteiger partial charge in [-0.2, -0.15) is 0 Å². The molecule has 0 saturated carbocycles. The number of benzene rings is 1. The predicted octanol–water partition coefficient (Wildman–Crippen LogP) is 3.66. The molecule has 0 spiro atoms. The SMILES string of the molecule is Cc1ccc2c(c1)c1c3n2CCN(C(=O)CN2CCCCC2)C3CCC1. The molecule has 3 heterocycles. The number of likely N-dealkylation sites (tertiary alicyclic amines) is 1. The lowest BCUT2D eigenvalue weighted by molar-refractivity contribution is -0.136. The van der Waals surface area contributed by atoms with Gasteiger partial charge in [0.1, 0.15) is 0 Å². The summed E-state index contributed by atoms with van der Waals surface area (Å²) in [6, 6.07) is 7.14. The van der Waals surface area contributed by atoms with Crippen LogP contribution in [-0.4, -0.2) is 46.5 Å². The lowest BCUT2D eigenvalue weighted by atomic mass is 9.89. The van der Waals surface area contributed by atoms with E-state index in [9.17, 15) is 4.79 Å². The Bertz CT molecular complexity index is 847. The van der Waals surface area contributed by atoms with Crippen molar-refractivity contribution in [3.05, 3.63) is 35.0 Å². The first-order valence-corrected chi connectivity index (χ1v) is 10.4. The third kappa shape index (κ3) is 2.58. The Hall–Kier alpha value is -1.81. The largest absolute Gasteiger partial charge is 0.341 e. The average molecular weight is 351 g/mol. The number of fused-ring (bicyclic) bond motifs is 3. The minimum absolute atomic E-state index is 0.289. The number of aryl methyl sites for hydroxylation is 2. The van der Waals surface area contributed by atoms with Crippen LogP contribution >= 0.6 is 0 Å². The molecule has 26 heavy (non-hydrogen) atoms. The van der Waals surface area contributed by atoms with Crippen LogP contribution in [0.15, 0.2) is 18.2 Å². The van der Waals surface area contributed by atoms with Gasteiger partial charge >= 0.3 is 0 Å². The monoisotopic (exact) mass is 351 g/mol. The maximum absolute atomic E-state index is 13.1. The molecule has 1 unspecified atom stereocenters. The van der Waals surface area contributed by atoms with Crippen molar-refractivity contribution in [2.75, 3.05) is 26.2 Å². The van der Waals surface area contributed by atoms with Crippen LogP contribution in [0.25, 0.3) is 10.9 Å². The molecule has 4 heteroatoms. The van der Waals surface area contributed by atoms with Gasteiger partial charge in [-0.25, -0.2) is 0 Å². The maximum atomic E-state index is 13.1. The van der Waals surface area contributed by atoms with Gasteiger partial charge in [-0.3, -0.25) is 9.69 Å². The van der Waals surface area contributed by atoms with Gasteiger partial charge in [-0.1, -0.05) is 18.1 Å². The molecule has 1 aromatic carbocycles. The van der Waals surface area contributed by atoms with Crippen molar-refractivity contribution < 1.29 is 4.79 Å². The van der Waals surface area contributed by atoms with Gasteiger partial charge in [-0.05, 0) is 69.8 Å². The van der Waals surface area contributed by atoms with E-state index in [-0.39, 0.29) is 6.04 Å². The number of hydrogen-bond acceptors (Lipinski definition) is 2. The second-order valence-corrected chi connectivity index (χ2v) is 8.37. The third-order valence-electron chi connectivity index (χ3n) is 6.66. The van der Waals surface area contributed by atoms with Crippen LogP contribution in [0, 0.1) is 6.92 Å². The van der Waals surface area contributed by atoms with Crippen molar-refractivity contribution in [2.24, 2.45) is 0 Å². The molecule has 0 N–H and O–H groups in total. The molecule has 1 atom stereocenters. The molecule has 0 bridgehead atoms. The first-order chi connectivity index (χ1) is 12.7. The van der Waals surface area contributed by atoms with E-state index in [1.165, 1.54) is 53.4 Å². The van der Waals surface area contributed by atoms with E-state index in [0.29, 0.717) is 12.5 Å². The quantitative estimate of drug-likeness (QED) is 0.826. The first-order valence-electron chi connectivity index (χ1n) is 10.4. The Labute approximate surface area is 155 Å². The predicted molar refractivity (Wildman–Crippen MR) is 104 cm³/mol. The summed E-state index contributed by atoms with van der Waals surface area (Å²) in [5, 5.41) is 1.43. The molecule has 1 amide bonds. The second kappa shape index (κ2) is 6.41. The van der Waals surface area contributed by atoms with Crippen LogP contribution in [-0.2, 0) is 17.8 Å². The van der Waals surface area contributed by atoms with Crippen LogP contribution in [0.3, 0.4) is 0 Å². The summed E-state index contributed by atoms with van der Waals surface area (Å²) < 4.78 is 2.51. The summed E-state index contributed by atoms with van der Waals surface area (Å²) in [6.07, 6.45) is 7.28. The summed E-state index contributed by atoms with van der Waals surface area (Å²) in [5.74, 6) is 0.345. The Balaban J connectivity index is 1.48. The normalized spacial score (nSPS) is 23.3. The standard InChI is InChI=1S/C22H29N3O/c1-16-8-9-19-18(14-16)17-6-5-7-20-22(17)25(19)13-12-24(20)21(26)15-23-10-3-2-4-11-23/h8-9,14,20H,2-7,10-13,15H2,1H3. The molecule has 3 aliphatic rings. The van der Waals surface area contributed by atoms with Crippen molar-refractivity contribution in [3.8, 4) is 0 Å².